The van der Waals surface area contributed by atoms with E-state index in [0.717, 1.165) is 19.4 Å². The summed E-state index contributed by atoms with van der Waals surface area (Å²) in [5.41, 5.74) is 0. The second-order valence-corrected chi connectivity index (χ2v) is 3.48. The fourth-order valence-electron chi connectivity index (χ4n) is 1.18. The molecule has 1 aromatic rings. The summed E-state index contributed by atoms with van der Waals surface area (Å²) >= 11 is 0. The number of rotatable bonds is 4. The molecule has 1 aliphatic carbocycles. The van der Waals surface area contributed by atoms with E-state index in [1.807, 2.05) is 10.8 Å². The van der Waals surface area contributed by atoms with Crippen LogP contribution in [0.15, 0.2) is 18.7 Å². The van der Waals surface area contributed by atoms with Crippen LogP contribution in [0.3, 0.4) is 0 Å². The van der Waals surface area contributed by atoms with Crippen molar-refractivity contribution in [1.29, 1.82) is 0 Å². The van der Waals surface area contributed by atoms with Crippen LogP contribution < -0.4 is 10.6 Å². The topological polar surface area (TPSA) is 59.0 Å². The van der Waals surface area contributed by atoms with Gasteiger partial charge in [0.25, 0.3) is 0 Å². The summed E-state index contributed by atoms with van der Waals surface area (Å²) in [6.07, 6.45) is 7.58. The van der Waals surface area contributed by atoms with E-state index in [2.05, 4.69) is 15.6 Å². The van der Waals surface area contributed by atoms with Crippen LogP contribution in [0.1, 0.15) is 12.8 Å². The number of carbonyl (C=O) groups is 1. The van der Waals surface area contributed by atoms with E-state index in [1.54, 1.807) is 12.5 Å². The predicted molar refractivity (Wildman–Crippen MR) is 51.8 cm³/mol. The van der Waals surface area contributed by atoms with E-state index in [0.29, 0.717) is 12.6 Å². The molecule has 0 aromatic carbocycles. The number of amides is 2. The van der Waals surface area contributed by atoms with Gasteiger partial charge in [0.05, 0.1) is 6.33 Å². The van der Waals surface area contributed by atoms with Crippen molar-refractivity contribution in [2.24, 2.45) is 0 Å². The van der Waals surface area contributed by atoms with E-state index < -0.39 is 0 Å². The van der Waals surface area contributed by atoms with Crippen molar-refractivity contribution in [2.45, 2.75) is 25.4 Å². The monoisotopic (exact) mass is 194 g/mol. The van der Waals surface area contributed by atoms with Gasteiger partial charge in [0.1, 0.15) is 0 Å². The number of nitrogens with one attached hydrogen (secondary N) is 2. The minimum atomic E-state index is -0.0624. The lowest BCUT2D eigenvalue weighted by molar-refractivity contribution is 0.240. The smallest absolute Gasteiger partial charge is 0.315 e. The molecule has 0 radical (unpaired) electrons. The molecule has 2 N–H and O–H groups in total. The first-order chi connectivity index (χ1) is 6.84. The zero-order valence-electron chi connectivity index (χ0n) is 7.94. The van der Waals surface area contributed by atoms with Crippen molar-refractivity contribution in [2.75, 3.05) is 6.54 Å². The third kappa shape index (κ3) is 2.76. The molecular weight excluding hydrogens is 180 g/mol. The standard InChI is InChI=1S/C9H14N4O/c14-9(12-8-1-2-8)11-4-6-13-5-3-10-7-13/h3,5,7-8H,1-2,4,6H2,(H2,11,12,14). The predicted octanol–water partition coefficient (Wildman–Crippen LogP) is 0.345. The van der Waals surface area contributed by atoms with Crippen LogP contribution in [0.5, 0.6) is 0 Å². The highest BCUT2D eigenvalue weighted by Gasteiger charge is 2.22. The first-order valence-electron chi connectivity index (χ1n) is 4.85. The van der Waals surface area contributed by atoms with E-state index in [4.69, 9.17) is 0 Å². The number of hydrogen-bond acceptors (Lipinski definition) is 2. The Morgan fingerprint density at radius 3 is 3.07 bits per heavy atom. The molecule has 0 bridgehead atoms. The largest absolute Gasteiger partial charge is 0.336 e. The molecule has 2 rings (SSSR count). The molecule has 1 heterocycles. The van der Waals surface area contributed by atoms with Gasteiger partial charge in [-0.05, 0) is 12.8 Å². The van der Waals surface area contributed by atoms with Crippen molar-refractivity contribution in [3.8, 4) is 0 Å². The molecule has 1 fully saturated rings. The molecule has 14 heavy (non-hydrogen) atoms. The number of carbonyl (C=O) groups excluding carboxylic acids is 1. The third-order valence-electron chi connectivity index (χ3n) is 2.13. The summed E-state index contributed by atoms with van der Waals surface area (Å²) in [4.78, 5) is 15.1. The van der Waals surface area contributed by atoms with Crippen LogP contribution in [-0.4, -0.2) is 28.2 Å². The van der Waals surface area contributed by atoms with Crippen molar-refractivity contribution < 1.29 is 4.79 Å². The lowest BCUT2D eigenvalue weighted by Gasteiger charge is -2.06. The first kappa shape index (κ1) is 9.05. The Balaban J connectivity index is 1.60. The number of nitrogens with zero attached hydrogens (tertiary/aromatic N) is 2. The molecule has 5 nitrogen and oxygen atoms in total. The van der Waals surface area contributed by atoms with Gasteiger partial charge < -0.3 is 15.2 Å². The molecular formula is C9H14N4O. The van der Waals surface area contributed by atoms with Gasteiger partial charge in [0.2, 0.25) is 0 Å². The average Bonchev–Trinajstić information content (AvgIpc) is 2.82. The number of imidazole rings is 1. The summed E-state index contributed by atoms with van der Waals surface area (Å²) in [6.45, 7) is 1.40. The van der Waals surface area contributed by atoms with E-state index in [-0.39, 0.29) is 6.03 Å². The third-order valence-corrected chi connectivity index (χ3v) is 2.13. The Hall–Kier alpha value is -1.52. The first-order valence-corrected chi connectivity index (χ1v) is 4.85. The zero-order valence-corrected chi connectivity index (χ0v) is 7.94. The van der Waals surface area contributed by atoms with Crippen molar-refractivity contribution in [3.63, 3.8) is 0 Å². The zero-order chi connectivity index (χ0) is 9.80. The van der Waals surface area contributed by atoms with Crippen molar-refractivity contribution in [3.05, 3.63) is 18.7 Å². The lowest BCUT2D eigenvalue weighted by atomic mass is 10.6. The quantitative estimate of drug-likeness (QED) is 0.726. The van der Waals surface area contributed by atoms with Crippen molar-refractivity contribution in [1.82, 2.24) is 20.2 Å². The summed E-state index contributed by atoms with van der Waals surface area (Å²) in [5, 5.41) is 5.65. The maximum atomic E-state index is 11.2. The van der Waals surface area contributed by atoms with Crippen LogP contribution in [0.4, 0.5) is 4.79 Å². The Bertz CT molecular complexity index is 292. The highest BCUT2D eigenvalue weighted by atomic mass is 16.2. The Morgan fingerprint density at radius 1 is 1.57 bits per heavy atom. The van der Waals surface area contributed by atoms with Gasteiger partial charge in [-0.1, -0.05) is 0 Å². The minimum Gasteiger partial charge on any atom is -0.336 e. The highest BCUT2D eigenvalue weighted by Crippen LogP contribution is 2.18. The van der Waals surface area contributed by atoms with E-state index in [1.165, 1.54) is 0 Å². The Labute approximate surface area is 82.5 Å². The second kappa shape index (κ2) is 4.13. The van der Waals surface area contributed by atoms with Gasteiger partial charge in [-0.25, -0.2) is 9.78 Å². The van der Waals surface area contributed by atoms with Gasteiger partial charge in [0.15, 0.2) is 0 Å². The fraction of sp³-hybridized carbons (Fsp3) is 0.556. The molecule has 76 valence electrons. The van der Waals surface area contributed by atoms with Crippen LogP contribution in [0.2, 0.25) is 0 Å². The molecule has 1 aromatic heterocycles. The molecule has 5 heteroatoms. The van der Waals surface area contributed by atoms with Crippen LogP contribution in [0.25, 0.3) is 0 Å². The van der Waals surface area contributed by atoms with Crippen molar-refractivity contribution >= 4 is 6.03 Å². The van der Waals surface area contributed by atoms with Gasteiger partial charge in [-0.3, -0.25) is 0 Å². The maximum absolute atomic E-state index is 11.2. The Morgan fingerprint density at radius 2 is 2.43 bits per heavy atom. The van der Waals surface area contributed by atoms with Gasteiger partial charge in [-0.2, -0.15) is 0 Å². The summed E-state index contributed by atoms with van der Waals surface area (Å²) in [5.74, 6) is 0. The van der Waals surface area contributed by atoms with Crippen LogP contribution in [0, 0.1) is 0 Å². The second-order valence-electron chi connectivity index (χ2n) is 3.48. The molecule has 0 atom stereocenters. The normalized spacial score (nSPS) is 15.1. The van der Waals surface area contributed by atoms with Gasteiger partial charge in [-0.15, -0.1) is 0 Å². The van der Waals surface area contributed by atoms with E-state index in [9.17, 15) is 4.79 Å². The molecule has 0 saturated heterocycles. The molecule has 0 aliphatic heterocycles. The average molecular weight is 194 g/mol. The summed E-state index contributed by atoms with van der Waals surface area (Å²) in [7, 11) is 0. The fourth-order valence-corrected chi connectivity index (χ4v) is 1.18. The maximum Gasteiger partial charge on any atom is 0.315 e. The van der Waals surface area contributed by atoms with E-state index >= 15 is 0 Å². The molecule has 1 saturated carbocycles. The number of aromatic nitrogens is 2. The molecule has 0 unspecified atom stereocenters. The lowest BCUT2D eigenvalue weighted by Crippen LogP contribution is -2.38. The SMILES string of the molecule is O=C(NCCn1ccnc1)NC1CC1. The Kier molecular flexibility index (Phi) is 2.67. The minimum absolute atomic E-state index is 0.0624. The molecule has 0 spiro atoms. The molecule has 1 aliphatic rings. The number of hydrogen-bond donors (Lipinski definition) is 2. The van der Waals surface area contributed by atoms with Gasteiger partial charge >= 0.3 is 6.03 Å². The summed E-state index contributed by atoms with van der Waals surface area (Å²) < 4.78 is 1.93. The van der Waals surface area contributed by atoms with Crippen LogP contribution >= 0.6 is 0 Å². The summed E-state index contributed by atoms with van der Waals surface area (Å²) in [6, 6.07) is 0.357. The number of urea groups is 1. The molecule has 2 amide bonds. The van der Waals surface area contributed by atoms with Crippen LogP contribution in [-0.2, 0) is 6.54 Å². The highest BCUT2D eigenvalue weighted by molar-refractivity contribution is 5.74. The van der Waals surface area contributed by atoms with Gasteiger partial charge in [0, 0.05) is 31.5 Å².